The number of rotatable bonds is 2. The highest BCUT2D eigenvalue weighted by atomic mass is 35.5. The first-order valence-electron chi connectivity index (χ1n) is 3.91. The van der Waals surface area contributed by atoms with Crippen LogP contribution >= 0.6 is 11.6 Å². The SMILES string of the molecule is CC(C)Nc1cc(Cl)ccc1N. The average Bonchev–Trinajstić information content (AvgIpc) is 1.96. The summed E-state index contributed by atoms with van der Waals surface area (Å²) in [4.78, 5) is 0. The van der Waals surface area contributed by atoms with Gasteiger partial charge in [-0.1, -0.05) is 11.6 Å². The van der Waals surface area contributed by atoms with E-state index in [0.717, 1.165) is 11.4 Å². The van der Waals surface area contributed by atoms with Crippen molar-refractivity contribution in [1.82, 2.24) is 0 Å². The van der Waals surface area contributed by atoms with Gasteiger partial charge in [0.25, 0.3) is 0 Å². The van der Waals surface area contributed by atoms with Crippen molar-refractivity contribution in [1.29, 1.82) is 0 Å². The molecule has 0 bridgehead atoms. The van der Waals surface area contributed by atoms with Gasteiger partial charge in [0.1, 0.15) is 0 Å². The lowest BCUT2D eigenvalue weighted by Crippen LogP contribution is -2.11. The topological polar surface area (TPSA) is 38.0 Å². The number of nitrogen functional groups attached to an aromatic ring is 1. The first-order chi connectivity index (χ1) is 5.59. The molecule has 0 aromatic heterocycles. The lowest BCUT2D eigenvalue weighted by atomic mass is 10.2. The summed E-state index contributed by atoms with van der Waals surface area (Å²) in [6, 6.07) is 5.78. The van der Waals surface area contributed by atoms with E-state index in [-0.39, 0.29) is 0 Å². The maximum atomic E-state index is 5.80. The second kappa shape index (κ2) is 3.68. The Morgan fingerprint density at radius 3 is 2.67 bits per heavy atom. The third-order valence-electron chi connectivity index (χ3n) is 1.46. The second-order valence-corrected chi connectivity index (χ2v) is 3.47. The van der Waals surface area contributed by atoms with Gasteiger partial charge in [-0.05, 0) is 32.0 Å². The standard InChI is InChI=1S/C9H13ClN2/c1-6(2)12-9-5-7(10)3-4-8(9)11/h3-6,12H,11H2,1-2H3. The Hall–Kier alpha value is -0.890. The van der Waals surface area contributed by atoms with Gasteiger partial charge in [-0.25, -0.2) is 0 Å². The Kier molecular flexibility index (Phi) is 2.82. The molecule has 0 spiro atoms. The van der Waals surface area contributed by atoms with E-state index in [9.17, 15) is 0 Å². The molecule has 0 unspecified atom stereocenters. The van der Waals surface area contributed by atoms with Crippen LogP contribution in [0, 0.1) is 0 Å². The molecule has 0 aliphatic rings. The lowest BCUT2D eigenvalue weighted by Gasteiger charge is -2.12. The summed E-state index contributed by atoms with van der Waals surface area (Å²) in [6.45, 7) is 4.11. The summed E-state index contributed by atoms with van der Waals surface area (Å²) in [7, 11) is 0. The van der Waals surface area contributed by atoms with E-state index >= 15 is 0 Å². The minimum atomic E-state index is 0.366. The van der Waals surface area contributed by atoms with Crippen molar-refractivity contribution in [2.24, 2.45) is 0 Å². The molecule has 66 valence electrons. The molecule has 12 heavy (non-hydrogen) atoms. The van der Waals surface area contributed by atoms with Crippen molar-refractivity contribution in [3.05, 3.63) is 23.2 Å². The van der Waals surface area contributed by atoms with Gasteiger partial charge in [0.2, 0.25) is 0 Å². The van der Waals surface area contributed by atoms with Crippen molar-refractivity contribution in [3.8, 4) is 0 Å². The highest BCUT2D eigenvalue weighted by Crippen LogP contribution is 2.23. The second-order valence-electron chi connectivity index (χ2n) is 3.03. The molecule has 0 atom stereocenters. The van der Waals surface area contributed by atoms with Crippen LogP contribution in [-0.2, 0) is 0 Å². The van der Waals surface area contributed by atoms with Crippen molar-refractivity contribution in [3.63, 3.8) is 0 Å². The van der Waals surface area contributed by atoms with Crippen LogP contribution in [0.3, 0.4) is 0 Å². The highest BCUT2D eigenvalue weighted by molar-refractivity contribution is 6.31. The summed E-state index contributed by atoms with van der Waals surface area (Å²) in [5.74, 6) is 0. The van der Waals surface area contributed by atoms with E-state index < -0.39 is 0 Å². The molecule has 0 fully saturated rings. The minimum absolute atomic E-state index is 0.366. The Labute approximate surface area is 77.7 Å². The van der Waals surface area contributed by atoms with Crippen LogP contribution in [0.5, 0.6) is 0 Å². The van der Waals surface area contributed by atoms with Gasteiger partial charge in [0.15, 0.2) is 0 Å². The number of hydrogen-bond donors (Lipinski definition) is 2. The molecule has 1 aromatic carbocycles. The summed E-state index contributed by atoms with van der Waals surface area (Å²) in [5.41, 5.74) is 7.35. The van der Waals surface area contributed by atoms with Gasteiger partial charge in [0.05, 0.1) is 11.4 Å². The molecule has 1 rings (SSSR count). The van der Waals surface area contributed by atoms with Gasteiger partial charge in [-0.2, -0.15) is 0 Å². The molecule has 3 heteroatoms. The fourth-order valence-electron chi connectivity index (χ4n) is 0.965. The Morgan fingerprint density at radius 2 is 2.08 bits per heavy atom. The third kappa shape index (κ3) is 2.31. The first kappa shape index (κ1) is 9.20. The molecular weight excluding hydrogens is 172 g/mol. The summed E-state index contributed by atoms with van der Waals surface area (Å²) in [6.07, 6.45) is 0. The van der Waals surface area contributed by atoms with Crippen LogP contribution in [0.15, 0.2) is 18.2 Å². The fraction of sp³-hybridized carbons (Fsp3) is 0.333. The molecular formula is C9H13ClN2. The van der Waals surface area contributed by atoms with E-state index in [4.69, 9.17) is 17.3 Å². The maximum absolute atomic E-state index is 5.80. The highest BCUT2D eigenvalue weighted by Gasteiger charge is 2.00. The Morgan fingerprint density at radius 1 is 1.42 bits per heavy atom. The van der Waals surface area contributed by atoms with E-state index in [0.29, 0.717) is 11.1 Å². The molecule has 1 aromatic rings. The number of halogens is 1. The molecule has 0 radical (unpaired) electrons. The molecule has 0 aliphatic carbocycles. The Balaban J connectivity index is 2.90. The molecule has 2 nitrogen and oxygen atoms in total. The Bertz CT molecular complexity index is 271. The van der Waals surface area contributed by atoms with Crippen LogP contribution in [0.2, 0.25) is 5.02 Å². The van der Waals surface area contributed by atoms with Gasteiger partial charge < -0.3 is 11.1 Å². The largest absolute Gasteiger partial charge is 0.397 e. The lowest BCUT2D eigenvalue weighted by molar-refractivity contribution is 0.900. The zero-order chi connectivity index (χ0) is 9.14. The van der Waals surface area contributed by atoms with Crippen LogP contribution in [0.25, 0.3) is 0 Å². The normalized spacial score (nSPS) is 10.3. The summed E-state index contributed by atoms with van der Waals surface area (Å²) < 4.78 is 0. The van der Waals surface area contributed by atoms with E-state index in [1.165, 1.54) is 0 Å². The quantitative estimate of drug-likeness (QED) is 0.694. The van der Waals surface area contributed by atoms with Crippen LogP contribution in [-0.4, -0.2) is 6.04 Å². The van der Waals surface area contributed by atoms with Crippen molar-refractivity contribution < 1.29 is 0 Å². The number of nitrogens with one attached hydrogen (secondary N) is 1. The van der Waals surface area contributed by atoms with Gasteiger partial charge in [0, 0.05) is 11.1 Å². The van der Waals surface area contributed by atoms with Crippen molar-refractivity contribution in [2.75, 3.05) is 11.1 Å². The van der Waals surface area contributed by atoms with E-state index in [1.807, 2.05) is 6.07 Å². The summed E-state index contributed by atoms with van der Waals surface area (Å²) >= 11 is 5.80. The molecule has 0 amide bonds. The van der Waals surface area contributed by atoms with Gasteiger partial charge in [-0.3, -0.25) is 0 Å². The van der Waals surface area contributed by atoms with Crippen LogP contribution in [0.1, 0.15) is 13.8 Å². The van der Waals surface area contributed by atoms with Crippen LogP contribution < -0.4 is 11.1 Å². The maximum Gasteiger partial charge on any atom is 0.0590 e. The molecule has 0 aliphatic heterocycles. The third-order valence-corrected chi connectivity index (χ3v) is 1.69. The number of anilines is 2. The van der Waals surface area contributed by atoms with Crippen molar-refractivity contribution >= 4 is 23.0 Å². The monoisotopic (exact) mass is 184 g/mol. The average molecular weight is 185 g/mol. The number of nitrogens with two attached hydrogens (primary N) is 1. The minimum Gasteiger partial charge on any atom is -0.397 e. The van der Waals surface area contributed by atoms with Gasteiger partial charge >= 0.3 is 0 Å². The van der Waals surface area contributed by atoms with Crippen LogP contribution in [0.4, 0.5) is 11.4 Å². The smallest absolute Gasteiger partial charge is 0.0590 e. The molecule has 0 saturated heterocycles. The zero-order valence-electron chi connectivity index (χ0n) is 7.26. The predicted molar refractivity (Wildman–Crippen MR) is 54.6 cm³/mol. The molecule has 3 N–H and O–H groups in total. The first-order valence-corrected chi connectivity index (χ1v) is 4.29. The van der Waals surface area contributed by atoms with Gasteiger partial charge in [-0.15, -0.1) is 0 Å². The summed E-state index contributed by atoms with van der Waals surface area (Å²) in [5, 5.41) is 3.91. The molecule has 0 saturated carbocycles. The number of benzene rings is 1. The van der Waals surface area contributed by atoms with Crippen molar-refractivity contribution in [2.45, 2.75) is 19.9 Å². The zero-order valence-corrected chi connectivity index (χ0v) is 8.02. The number of hydrogen-bond acceptors (Lipinski definition) is 2. The fourth-order valence-corrected chi connectivity index (χ4v) is 1.14. The van der Waals surface area contributed by atoms with E-state index in [1.54, 1.807) is 12.1 Å². The van der Waals surface area contributed by atoms with E-state index in [2.05, 4.69) is 19.2 Å². The molecule has 0 heterocycles. The predicted octanol–water partition coefficient (Wildman–Crippen LogP) is 2.74.